The van der Waals surface area contributed by atoms with Gasteiger partial charge in [0.15, 0.2) is 5.78 Å². The highest BCUT2D eigenvalue weighted by molar-refractivity contribution is 6.04. The minimum absolute atomic E-state index is 0.0511. The average Bonchev–Trinajstić information content (AvgIpc) is 3.16. The third-order valence-corrected chi connectivity index (χ3v) is 10.6. The summed E-state index contributed by atoms with van der Waals surface area (Å²) in [6, 6.07) is 6.22. The molecule has 0 fully saturated rings. The van der Waals surface area contributed by atoms with Gasteiger partial charge < -0.3 is 0 Å². The van der Waals surface area contributed by atoms with Gasteiger partial charge in [-0.1, -0.05) is 95.7 Å². The first-order valence-corrected chi connectivity index (χ1v) is 15.8. The minimum Gasteiger partial charge on any atom is -0.289 e. The van der Waals surface area contributed by atoms with Crippen LogP contribution in [0.4, 0.5) is 0 Å². The third-order valence-electron chi connectivity index (χ3n) is 10.6. The smallest absolute Gasteiger partial charge is 0.185 e. The normalized spacial score (nSPS) is 21.2. The van der Waals surface area contributed by atoms with Crippen molar-refractivity contribution >= 4 is 11.9 Å². The van der Waals surface area contributed by atoms with E-state index in [1.54, 1.807) is 11.6 Å². The van der Waals surface area contributed by atoms with Crippen LogP contribution in [0.3, 0.4) is 0 Å². The van der Waals surface area contributed by atoms with Crippen molar-refractivity contribution in [3.05, 3.63) is 89.1 Å². The topological polar surface area (TPSA) is 17.1 Å². The van der Waals surface area contributed by atoms with Crippen LogP contribution < -0.4 is 0 Å². The van der Waals surface area contributed by atoms with Crippen LogP contribution in [0.15, 0.2) is 72.4 Å². The Bertz CT molecular complexity index is 1110. The second kappa shape index (κ2) is 13.8. The van der Waals surface area contributed by atoms with Crippen molar-refractivity contribution in [3.63, 3.8) is 0 Å². The molecule has 0 aromatic heterocycles. The highest BCUT2D eigenvalue weighted by atomic mass is 16.1. The first kappa shape index (κ1) is 31.1. The Hall–Kier alpha value is -2.41. The lowest BCUT2D eigenvalue weighted by Crippen LogP contribution is -2.34. The van der Waals surface area contributed by atoms with E-state index < -0.39 is 0 Å². The molecule has 2 aliphatic carbocycles. The van der Waals surface area contributed by atoms with Gasteiger partial charge in [0, 0.05) is 11.0 Å². The number of hydrogen-bond donors (Lipinski definition) is 0. The Kier molecular flexibility index (Phi) is 11.0. The molecule has 0 saturated heterocycles. The lowest BCUT2D eigenvalue weighted by atomic mass is 9.60. The maximum absolute atomic E-state index is 12.4. The summed E-state index contributed by atoms with van der Waals surface area (Å²) in [6.45, 7) is 20.4. The summed E-state index contributed by atoms with van der Waals surface area (Å²) in [5, 5.41) is 0. The molecule has 0 aliphatic heterocycles. The predicted molar refractivity (Wildman–Crippen MR) is 171 cm³/mol. The number of rotatable bonds is 13. The molecule has 1 aromatic rings. The number of fused-ring (bicyclic) bond motifs is 1. The lowest BCUT2D eigenvalue weighted by Gasteiger charge is -2.45. The van der Waals surface area contributed by atoms with E-state index in [-0.39, 0.29) is 11.2 Å². The Morgan fingerprint density at radius 3 is 2.41 bits per heavy atom. The summed E-state index contributed by atoms with van der Waals surface area (Å²) in [5.74, 6) is 1.81. The van der Waals surface area contributed by atoms with Gasteiger partial charge in [-0.2, -0.15) is 0 Å². The van der Waals surface area contributed by atoms with E-state index in [1.807, 2.05) is 19.1 Å². The zero-order valence-corrected chi connectivity index (χ0v) is 26.0. The van der Waals surface area contributed by atoms with E-state index in [9.17, 15) is 4.79 Å². The van der Waals surface area contributed by atoms with Crippen molar-refractivity contribution in [3.8, 4) is 0 Å². The highest BCUT2D eigenvalue weighted by Gasteiger charge is 2.40. The standard InChI is InChI=1S/C38H54O/c1-9-15-36(39)33-23-22-30-19-16-29(17-20-31(30)26-33)18-21-32-27-34(38(13-5,14-6)28(7)8)24-25-35(32)37(10-2,11-3)12-4/h9,13,15-16,19,22-24,26-29,35H,5,10-12,14,17-18,20-21,25H2,1-4,6-8H3/b15-9+. The number of hydrogen-bond acceptors (Lipinski definition) is 1. The fraction of sp³-hybridized carbons (Fsp3) is 0.553. The monoisotopic (exact) mass is 526 g/mol. The molecule has 1 nitrogen and oxygen atoms in total. The predicted octanol–water partition coefficient (Wildman–Crippen LogP) is 11.1. The fourth-order valence-electron chi connectivity index (χ4n) is 7.56. The maximum atomic E-state index is 12.4. The van der Waals surface area contributed by atoms with Gasteiger partial charge in [-0.15, -0.1) is 6.58 Å². The largest absolute Gasteiger partial charge is 0.289 e. The van der Waals surface area contributed by atoms with Crippen molar-refractivity contribution in [2.45, 2.75) is 106 Å². The van der Waals surface area contributed by atoms with Gasteiger partial charge in [0.1, 0.15) is 0 Å². The molecule has 212 valence electrons. The maximum Gasteiger partial charge on any atom is 0.185 e. The van der Waals surface area contributed by atoms with Gasteiger partial charge in [-0.3, -0.25) is 4.79 Å². The molecule has 3 unspecified atom stereocenters. The SMILES string of the molecule is C=CC(CC)(C1=CCC(C(CC)(CC)CC)C(CCC2C=Cc3ccc(C(=O)/C=C/C)cc3CC2)=C1)C(C)C. The summed E-state index contributed by atoms with van der Waals surface area (Å²) < 4.78 is 0. The van der Waals surface area contributed by atoms with E-state index in [1.165, 1.54) is 42.4 Å². The first-order chi connectivity index (χ1) is 18.7. The minimum atomic E-state index is 0.0511. The molecule has 0 spiro atoms. The molecule has 0 amide bonds. The molecule has 0 heterocycles. The average molecular weight is 527 g/mol. The quantitative estimate of drug-likeness (QED) is 0.142. The van der Waals surface area contributed by atoms with Gasteiger partial charge in [-0.25, -0.2) is 0 Å². The molecule has 2 aliphatic rings. The number of benzene rings is 1. The Labute approximate surface area is 240 Å². The van der Waals surface area contributed by atoms with Gasteiger partial charge in [0.25, 0.3) is 0 Å². The Balaban J connectivity index is 1.86. The molecule has 3 atom stereocenters. The van der Waals surface area contributed by atoms with Crippen molar-refractivity contribution in [1.82, 2.24) is 0 Å². The third kappa shape index (κ3) is 6.50. The van der Waals surface area contributed by atoms with Crippen molar-refractivity contribution in [2.75, 3.05) is 0 Å². The lowest BCUT2D eigenvalue weighted by molar-refractivity contribution is 0.104. The molecule has 1 aromatic carbocycles. The van der Waals surface area contributed by atoms with Gasteiger partial charge in [-0.05, 0) is 117 Å². The molecular formula is C38H54O. The molecule has 0 radical (unpaired) electrons. The fourth-order valence-corrected chi connectivity index (χ4v) is 7.56. The van der Waals surface area contributed by atoms with Crippen LogP contribution in [-0.4, -0.2) is 5.78 Å². The van der Waals surface area contributed by atoms with Crippen LogP contribution in [0.25, 0.3) is 6.08 Å². The van der Waals surface area contributed by atoms with E-state index in [0.717, 1.165) is 37.7 Å². The summed E-state index contributed by atoms with van der Waals surface area (Å²) in [7, 11) is 0. The van der Waals surface area contributed by atoms with Crippen LogP contribution in [0.5, 0.6) is 0 Å². The van der Waals surface area contributed by atoms with Gasteiger partial charge in [0.2, 0.25) is 0 Å². The molecule has 0 N–H and O–H groups in total. The highest BCUT2D eigenvalue weighted by Crippen LogP contribution is 2.51. The molecule has 3 rings (SSSR count). The molecule has 39 heavy (non-hydrogen) atoms. The number of carbonyl (C=O) groups excluding carboxylic acids is 1. The second-order valence-electron chi connectivity index (χ2n) is 12.3. The van der Waals surface area contributed by atoms with Crippen molar-refractivity contribution in [1.29, 1.82) is 0 Å². The molecule has 0 bridgehead atoms. The van der Waals surface area contributed by atoms with Gasteiger partial charge in [0.05, 0.1) is 0 Å². The second-order valence-corrected chi connectivity index (χ2v) is 12.3. The summed E-state index contributed by atoms with van der Waals surface area (Å²) in [5.41, 5.74) is 6.98. The molecule has 0 saturated carbocycles. The molecule has 1 heteroatoms. The van der Waals surface area contributed by atoms with Crippen molar-refractivity contribution in [2.24, 2.45) is 28.6 Å². The van der Waals surface area contributed by atoms with E-state index in [0.29, 0.717) is 23.2 Å². The number of carbonyl (C=O) groups is 1. The summed E-state index contributed by atoms with van der Waals surface area (Å²) in [6.07, 6.45) is 26.1. The van der Waals surface area contributed by atoms with E-state index >= 15 is 0 Å². The van der Waals surface area contributed by atoms with Crippen molar-refractivity contribution < 1.29 is 4.79 Å². The number of allylic oxidation sites excluding steroid dienone is 8. The van der Waals surface area contributed by atoms with Crippen LogP contribution in [0.1, 0.15) is 121 Å². The van der Waals surface area contributed by atoms with Crippen LogP contribution in [0, 0.1) is 28.6 Å². The number of aryl methyl sites for hydroxylation is 1. The molecular weight excluding hydrogens is 472 g/mol. The van der Waals surface area contributed by atoms with Crippen LogP contribution in [0.2, 0.25) is 0 Å². The summed E-state index contributed by atoms with van der Waals surface area (Å²) in [4.78, 5) is 12.4. The van der Waals surface area contributed by atoms with E-state index in [2.05, 4.69) is 90.6 Å². The zero-order valence-electron chi connectivity index (χ0n) is 26.0. The number of ketones is 1. The van der Waals surface area contributed by atoms with Crippen LogP contribution in [-0.2, 0) is 6.42 Å². The Morgan fingerprint density at radius 1 is 1.10 bits per heavy atom. The Morgan fingerprint density at radius 2 is 1.82 bits per heavy atom. The van der Waals surface area contributed by atoms with Gasteiger partial charge >= 0.3 is 0 Å². The first-order valence-electron chi connectivity index (χ1n) is 15.8. The zero-order chi connectivity index (χ0) is 28.6. The summed E-state index contributed by atoms with van der Waals surface area (Å²) >= 11 is 0. The van der Waals surface area contributed by atoms with Crippen LogP contribution >= 0.6 is 0 Å². The van der Waals surface area contributed by atoms with E-state index in [4.69, 9.17) is 0 Å².